The predicted octanol–water partition coefficient (Wildman–Crippen LogP) is 1.66. The van der Waals surface area contributed by atoms with Gasteiger partial charge >= 0.3 is 0 Å². The number of hydrogen-bond acceptors (Lipinski definition) is 5. The van der Waals surface area contributed by atoms with E-state index >= 15 is 0 Å². The van der Waals surface area contributed by atoms with E-state index in [1.54, 1.807) is 18.2 Å². The van der Waals surface area contributed by atoms with Crippen molar-refractivity contribution < 1.29 is 22.7 Å². The molecule has 1 aliphatic heterocycles. The van der Waals surface area contributed by atoms with Crippen LogP contribution in [0.2, 0.25) is 0 Å². The first-order valence-corrected chi connectivity index (χ1v) is 9.29. The molecule has 0 aromatic heterocycles. The summed E-state index contributed by atoms with van der Waals surface area (Å²) in [5, 5.41) is 2.74. The number of nitrogens with one attached hydrogen (secondary N) is 1. The van der Waals surface area contributed by atoms with Crippen molar-refractivity contribution in [2.45, 2.75) is 11.0 Å². The molecule has 0 unspecified atom stereocenters. The first-order chi connectivity index (χ1) is 11.4. The zero-order valence-corrected chi connectivity index (χ0v) is 13.9. The molecule has 3 rings (SSSR count). The van der Waals surface area contributed by atoms with Crippen molar-refractivity contribution in [2.75, 3.05) is 19.4 Å². The number of para-hydroxylation sites is 2. The molecule has 7 heteroatoms. The van der Waals surface area contributed by atoms with Crippen LogP contribution in [0.25, 0.3) is 0 Å². The number of benzene rings is 2. The molecular weight excluding hydrogens is 330 g/mol. The Morgan fingerprint density at radius 3 is 2.67 bits per heavy atom. The quantitative estimate of drug-likeness (QED) is 0.910. The van der Waals surface area contributed by atoms with E-state index in [1.807, 2.05) is 18.2 Å². The van der Waals surface area contributed by atoms with Gasteiger partial charge in [-0.25, -0.2) is 8.42 Å². The maximum absolute atomic E-state index is 12.2. The molecule has 0 radical (unpaired) electrons. The minimum atomic E-state index is -3.35. The number of amides is 1. The second-order valence-corrected chi connectivity index (χ2v) is 7.52. The first-order valence-electron chi connectivity index (χ1n) is 7.40. The van der Waals surface area contributed by atoms with Crippen LogP contribution in [0.15, 0.2) is 53.4 Å². The van der Waals surface area contributed by atoms with Crippen LogP contribution in [0, 0.1) is 0 Å². The van der Waals surface area contributed by atoms with E-state index < -0.39 is 9.84 Å². The van der Waals surface area contributed by atoms with Gasteiger partial charge in [0.25, 0.3) is 5.91 Å². The SMILES string of the molecule is CS(=O)(=O)c1cccc(C(=O)NC[C@H]2COc3ccccc3O2)c1. The van der Waals surface area contributed by atoms with E-state index in [1.165, 1.54) is 12.1 Å². The molecule has 2 aromatic rings. The lowest BCUT2D eigenvalue weighted by molar-refractivity contribution is 0.0789. The molecule has 1 aliphatic rings. The molecule has 0 saturated carbocycles. The van der Waals surface area contributed by atoms with E-state index in [9.17, 15) is 13.2 Å². The van der Waals surface area contributed by atoms with Crippen LogP contribution >= 0.6 is 0 Å². The zero-order chi connectivity index (χ0) is 17.2. The summed E-state index contributed by atoms with van der Waals surface area (Å²) in [6, 6.07) is 13.3. The largest absolute Gasteiger partial charge is 0.486 e. The van der Waals surface area contributed by atoms with E-state index in [0.29, 0.717) is 18.1 Å². The van der Waals surface area contributed by atoms with Crippen LogP contribution in [-0.2, 0) is 9.84 Å². The van der Waals surface area contributed by atoms with Crippen LogP contribution in [0.4, 0.5) is 0 Å². The van der Waals surface area contributed by atoms with Gasteiger partial charge in [0.15, 0.2) is 21.3 Å². The van der Waals surface area contributed by atoms with E-state index in [2.05, 4.69) is 5.32 Å². The van der Waals surface area contributed by atoms with Gasteiger partial charge in [-0.05, 0) is 30.3 Å². The van der Waals surface area contributed by atoms with Gasteiger partial charge in [0.2, 0.25) is 0 Å². The van der Waals surface area contributed by atoms with Crippen molar-refractivity contribution >= 4 is 15.7 Å². The summed E-state index contributed by atoms with van der Waals surface area (Å²) in [6.07, 6.45) is 0.802. The first kappa shape index (κ1) is 16.3. The molecule has 0 aliphatic carbocycles. The second kappa shape index (κ2) is 6.52. The maximum atomic E-state index is 12.2. The summed E-state index contributed by atoms with van der Waals surface area (Å²) >= 11 is 0. The summed E-state index contributed by atoms with van der Waals surface area (Å²) < 4.78 is 34.5. The van der Waals surface area contributed by atoms with E-state index in [-0.39, 0.29) is 29.0 Å². The highest BCUT2D eigenvalue weighted by atomic mass is 32.2. The summed E-state index contributed by atoms with van der Waals surface area (Å²) in [5.41, 5.74) is 0.287. The third kappa shape index (κ3) is 3.68. The minimum Gasteiger partial charge on any atom is -0.486 e. The number of fused-ring (bicyclic) bond motifs is 1. The Morgan fingerprint density at radius 1 is 1.17 bits per heavy atom. The number of carbonyl (C=O) groups excluding carboxylic acids is 1. The predicted molar refractivity (Wildman–Crippen MR) is 88.2 cm³/mol. The smallest absolute Gasteiger partial charge is 0.251 e. The lowest BCUT2D eigenvalue weighted by Crippen LogP contribution is -2.40. The summed E-state index contributed by atoms with van der Waals surface area (Å²) in [4.78, 5) is 12.3. The lowest BCUT2D eigenvalue weighted by atomic mass is 10.2. The Bertz CT molecular complexity index is 863. The van der Waals surface area contributed by atoms with Gasteiger partial charge in [0.1, 0.15) is 12.7 Å². The Hall–Kier alpha value is -2.54. The molecule has 0 saturated heterocycles. The van der Waals surface area contributed by atoms with Crippen LogP contribution < -0.4 is 14.8 Å². The van der Waals surface area contributed by atoms with Crippen molar-refractivity contribution in [2.24, 2.45) is 0 Å². The Balaban J connectivity index is 1.63. The maximum Gasteiger partial charge on any atom is 0.251 e. The average molecular weight is 347 g/mol. The second-order valence-electron chi connectivity index (χ2n) is 5.51. The fourth-order valence-electron chi connectivity index (χ4n) is 2.34. The highest BCUT2D eigenvalue weighted by Gasteiger charge is 2.21. The van der Waals surface area contributed by atoms with Crippen molar-refractivity contribution in [3.05, 3.63) is 54.1 Å². The topological polar surface area (TPSA) is 81.7 Å². The molecule has 1 N–H and O–H groups in total. The highest BCUT2D eigenvalue weighted by Crippen LogP contribution is 2.30. The molecule has 1 atom stereocenters. The monoisotopic (exact) mass is 347 g/mol. The van der Waals surface area contributed by atoms with Gasteiger partial charge in [-0.2, -0.15) is 0 Å². The number of ether oxygens (including phenoxy) is 2. The molecular formula is C17H17NO5S. The summed E-state index contributed by atoms with van der Waals surface area (Å²) in [5.74, 6) is 0.964. The number of rotatable bonds is 4. The Labute approximate surface area is 140 Å². The zero-order valence-electron chi connectivity index (χ0n) is 13.1. The number of sulfone groups is 1. The summed E-state index contributed by atoms with van der Waals surface area (Å²) in [6.45, 7) is 0.594. The molecule has 6 nitrogen and oxygen atoms in total. The van der Waals surface area contributed by atoms with Gasteiger partial charge in [0, 0.05) is 11.8 Å². The lowest BCUT2D eigenvalue weighted by Gasteiger charge is -2.26. The van der Waals surface area contributed by atoms with Crippen LogP contribution in [0.1, 0.15) is 10.4 Å². The number of carbonyl (C=O) groups is 1. The molecule has 2 aromatic carbocycles. The molecule has 0 bridgehead atoms. The van der Waals surface area contributed by atoms with Crippen molar-refractivity contribution in [1.82, 2.24) is 5.32 Å². The summed E-state index contributed by atoms with van der Waals surface area (Å²) in [7, 11) is -3.35. The molecule has 1 amide bonds. The third-order valence-electron chi connectivity index (χ3n) is 3.58. The Morgan fingerprint density at radius 2 is 1.92 bits per heavy atom. The van der Waals surface area contributed by atoms with E-state index in [4.69, 9.17) is 9.47 Å². The van der Waals surface area contributed by atoms with E-state index in [0.717, 1.165) is 6.26 Å². The minimum absolute atomic E-state index is 0.112. The molecule has 126 valence electrons. The van der Waals surface area contributed by atoms with Crippen LogP contribution in [0.3, 0.4) is 0 Å². The van der Waals surface area contributed by atoms with Gasteiger partial charge in [-0.3, -0.25) is 4.79 Å². The Kier molecular flexibility index (Phi) is 4.44. The average Bonchev–Trinajstić information content (AvgIpc) is 2.59. The number of hydrogen-bond donors (Lipinski definition) is 1. The van der Waals surface area contributed by atoms with Gasteiger partial charge in [-0.15, -0.1) is 0 Å². The van der Waals surface area contributed by atoms with Crippen molar-refractivity contribution in [1.29, 1.82) is 0 Å². The molecule has 24 heavy (non-hydrogen) atoms. The van der Waals surface area contributed by atoms with Gasteiger partial charge in [-0.1, -0.05) is 18.2 Å². The standard InChI is InChI=1S/C17H17NO5S/c1-24(20,21)14-6-4-5-12(9-14)17(19)18-10-13-11-22-15-7-2-3-8-16(15)23-13/h2-9,13H,10-11H2,1H3,(H,18,19)/t13-/m0/s1. The highest BCUT2D eigenvalue weighted by molar-refractivity contribution is 7.90. The van der Waals surface area contributed by atoms with Crippen LogP contribution in [0.5, 0.6) is 11.5 Å². The third-order valence-corrected chi connectivity index (χ3v) is 4.69. The molecule has 0 spiro atoms. The van der Waals surface area contributed by atoms with Crippen molar-refractivity contribution in [3.63, 3.8) is 0 Å². The van der Waals surface area contributed by atoms with Gasteiger partial charge < -0.3 is 14.8 Å². The molecule has 1 heterocycles. The fraction of sp³-hybridized carbons (Fsp3) is 0.235. The van der Waals surface area contributed by atoms with Crippen LogP contribution in [-0.4, -0.2) is 39.8 Å². The van der Waals surface area contributed by atoms with Crippen molar-refractivity contribution in [3.8, 4) is 11.5 Å². The normalized spacial score (nSPS) is 16.5. The van der Waals surface area contributed by atoms with Gasteiger partial charge in [0.05, 0.1) is 11.4 Å². The molecule has 0 fully saturated rings. The fourth-order valence-corrected chi connectivity index (χ4v) is 3.01.